The standard InChI is InChI=1S/C36H25N3/c1-2-15-28-25(11-1)12-10-18-29(28)26-13-9-14-27(23-26)32-24-37-36(38-22-8-7-19-33(32)38)39-34-20-5-3-16-30(34)31-17-4-6-21-35(31)39/h1-21,23-24H,22H2. The molecule has 0 unspecified atom stereocenters. The fourth-order valence-corrected chi connectivity index (χ4v) is 6.07. The van der Waals surface area contributed by atoms with Crippen molar-refractivity contribution >= 4 is 44.1 Å². The summed E-state index contributed by atoms with van der Waals surface area (Å²) in [5.74, 6) is 0.928. The molecule has 0 bridgehead atoms. The van der Waals surface area contributed by atoms with Crippen LogP contribution < -0.4 is 0 Å². The summed E-state index contributed by atoms with van der Waals surface area (Å²) in [4.78, 5) is 7.47. The van der Waals surface area contributed by atoms with E-state index in [4.69, 9.17) is 4.99 Å². The first-order chi connectivity index (χ1) is 19.4. The van der Waals surface area contributed by atoms with Crippen LogP contribution in [-0.4, -0.2) is 22.0 Å². The summed E-state index contributed by atoms with van der Waals surface area (Å²) in [6, 6.07) is 41.2. The minimum atomic E-state index is 0.770. The summed E-state index contributed by atoms with van der Waals surface area (Å²) in [5.41, 5.74) is 8.25. The molecular formula is C36H25N3. The van der Waals surface area contributed by atoms with Gasteiger partial charge in [-0.05, 0) is 51.7 Å². The van der Waals surface area contributed by atoms with Crippen molar-refractivity contribution in [2.75, 3.05) is 6.54 Å². The lowest BCUT2D eigenvalue weighted by molar-refractivity contribution is 0.562. The number of hydrogen-bond donors (Lipinski definition) is 0. The zero-order valence-corrected chi connectivity index (χ0v) is 21.3. The highest BCUT2D eigenvalue weighted by molar-refractivity contribution is 6.15. The molecular weight excluding hydrogens is 474 g/mol. The van der Waals surface area contributed by atoms with E-state index in [9.17, 15) is 0 Å². The molecule has 0 saturated heterocycles. The molecule has 3 heteroatoms. The highest BCUT2D eigenvalue weighted by atomic mass is 15.3. The van der Waals surface area contributed by atoms with E-state index < -0.39 is 0 Å². The van der Waals surface area contributed by atoms with Gasteiger partial charge in [-0.25, -0.2) is 4.99 Å². The van der Waals surface area contributed by atoms with Gasteiger partial charge in [-0.2, -0.15) is 0 Å². The molecule has 2 aliphatic rings. The molecule has 0 amide bonds. The maximum Gasteiger partial charge on any atom is 0.215 e. The predicted octanol–water partition coefficient (Wildman–Crippen LogP) is 8.63. The minimum Gasteiger partial charge on any atom is -0.307 e. The second-order valence-corrected chi connectivity index (χ2v) is 10.0. The van der Waals surface area contributed by atoms with Crippen LogP contribution in [0.4, 0.5) is 0 Å². The lowest BCUT2D eigenvalue weighted by Gasteiger charge is -2.34. The molecule has 0 fully saturated rings. The molecule has 3 heterocycles. The average Bonchev–Trinajstić information content (AvgIpc) is 3.34. The smallest absolute Gasteiger partial charge is 0.215 e. The number of fused-ring (bicyclic) bond motifs is 5. The van der Waals surface area contributed by atoms with Crippen molar-refractivity contribution in [3.05, 3.63) is 151 Å². The molecule has 0 N–H and O–H groups in total. The molecule has 0 atom stereocenters. The minimum absolute atomic E-state index is 0.770. The van der Waals surface area contributed by atoms with Gasteiger partial charge in [0, 0.05) is 29.1 Å². The van der Waals surface area contributed by atoms with Gasteiger partial charge in [0.25, 0.3) is 0 Å². The molecule has 184 valence electrons. The van der Waals surface area contributed by atoms with Crippen LogP contribution in [-0.2, 0) is 0 Å². The summed E-state index contributed by atoms with van der Waals surface area (Å²) < 4.78 is 2.30. The van der Waals surface area contributed by atoms with Gasteiger partial charge in [-0.1, -0.05) is 109 Å². The zero-order valence-electron chi connectivity index (χ0n) is 21.3. The molecule has 3 nitrogen and oxygen atoms in total. The van der Waals surface area contributed by atoms with E-state index >= 15 is 0 Å². The van der Waals surface area contributed by atoms with Crippen LogP contribution in [0, 0.1) is 0 Å². The Hall–Kier alpha value is -5.15. The summed E-state index contributed by atoms with van der Waals surface area (Å²) in [7, 11) is 0. The Morgan fingerprint density at radius 1 is 0.615 bits per heavy atom. The van der Waals surface area contributed by atoms with E-state index in [1.54, 1.807) is 0 Å². The number of para-hydroxylation sites is 2. The summed E-state index contributed by atoms with van der Waals surface area (Å²) >= 11 is 0. The third kappa shape index (κ3) is 3.40. The fraction of sp³-hybridized carbons (Fsp3) is 0.0278. The summed E-state index contributed by atoms with van der Waals surface area (Å²) in [5, 5.41) is 5.00. The van der Waals surface area contributed by atoms with Crippen LogP contribution in [0.3, 0.4) is 0 Å². The highest BCUT2D eigenvalue weighted by Crippen LogP contribution is 2.37. The highest BCUT2D eigenvalue weighted by Gasteiger charge is 2.28. The molecule has 2 aliphatic heterocycles. The predicted molar refractivity (Wildman–Crippen MR) is 164 cm³/mol. The number of aromatic nitrogens is 1. The SMILES string of the molecule is C1=CCN2C(=C1)C(c1cccc(-c3cccc4ccccc34)c1)=CN=C2n1c2ccccc2c2ccccc21. The normalized spacial score (nSPS) is 14.9. The van der Waals surface area contributed by atoms with Gasteiger partial charge in [-0.15, -0.1) is 0 Å². The lowest BCUT2D eigenvalue weighted by atomic mass is 9.93. The van der Waals surface area contributed by atoms with Gasteiger partial charge in [0.15, 0.2) is 0 Å². The first kappa shape index (κ1) is 21.9. The number of benzene rings is 5. The van der Waals surface area contributed by atoms with Gasteiger partial charge in [0.1, 0.15) is 0 Å². The molecule has 0 aliphatic carbocycles. The lowest BCUT2D eigenvalue weighted by Crippen LogP contribution is -2.38. The molecule has 8 rings (SSSR count). The molecule has 0 radical (unpaired) electrons. The number of aliphatic imine (C=N–C) groups is 1. The number of allylic oxidation sites excluding steroid dienone is 3. The molecule has 39 heavy (non-hydrogen) atoms. The number of rotatable bonds is 2. The summed E-state index contributed by atoms with van der Waals surface area (Å²) in [6.45, 7) is 0.770. The van der Waals surface area contributed by atoms with Crippen molar-refractivity contribution in [2.45, 2.75) is 0 Å². The van der Waals surface area contributed by atoms with Crippen molar-refractivity contribution in [1.82, 2.24) is 9.47 Å². The van der Waals surface area contributed by atoms with Crippen molar-refractivity contribution in [3.63, 3.8) is 0 Å². The van der Waals surface area contributed by atoms with Crippen molar-refractivity contribution < 1.29 is 0 Å². The Kier molecular flexibility index (Phi) is 4.89. The number of hydrogen-bond acceptors (Lipinski definition) is 2. The Morgan fingerprint density at radius 3 is 2.10 bits per heavy atom. The number of nitrogens with zero attached hydrogens (tertiary/aromatic N) is 3. The summed E-state index contributed by atoms with van der Waals surface area (Å²) in [6.07, 6.45) is 8.61. The van der Waals surface area contributed by atoms with Gasteiger partial charge >= 0.3 is 0 Å². The fourth-order valence-electron chi connectivity index (χ4n) is 6.07. The Labute approximate surface area is 227 Å². The molecule has 0 saturated carbocycles. The van der Waals surface area contributed by atoms with Crippen LogP contribution in [0.15, 0.2) is 150 Å². The quantitative estimate of drug-likeness (QED) is 0.234. The monoisotopic (exact) mass is 499 g/mol. The van der Waals surface area contributed by atoms with E-state index in [1.165, 1.54) is 49.4 Å². The third-order valence-corrected chi connectivity index (χ3v) is 7.85. The van der Waals surface area contributed by atoms with Crippen LogP contribution >= 0.6 is 0 Å². The van der Waals surface area contributed by atoms with Crippen molar-refractivity contribution in [3.8, 4) is 11.1 Å². The molecule has 6 aromatic rings. The molecule has 5 aromatic carbocycles. The van der Waals surface area contributed by atoms with Crippen LogP contribution in [0.5, 0.6) is 0 Å². The van der Waals surface area contributed by atoms with Crippen LogP contribution in [0.1, 0.15) is 5.56 Å². The molecule has 1 aromatic heterocycles. The topological polar surface area (TPSA) is 20.5 Å². The Balaban J connectivity index is 1.31. The first-order valence-corrected chi connectivity index (χ1v) is 13.4. The maximum absolute atomic E-state index is 5.14. The Morgan fingerprint density at radius 2 is 1.28 bits per heavy atom. The van der Waals surface area contributed by atoms with E-state index in [-0.39, 0.29) is 0 Å². The maximum atomic E-state index is 5.14. The van der Waals surface area contributed by atoms with Crippen molar-refractivity contribution in [1.29, 1.82) is 0 Å². The second kappa shape index (κ2) is 8.71. The largest absolute Gasteiger partial charge is 0.307 e. The third-order valence-electron chi connectivity index (χ3n) is 7.85. The average molecular weight is 500 g/mol. The Bertz CT molecular complexity index is 1990. The van der Waals surface area contributed by atoms with E-state index in [0.717, 1.165) is 23.6 Å². The van der Waals surface area contributed by atoms with Gasteiger partial charge in [-0.3, -0.25) is 4.57 Å². The second-order valence-electron chi connectivity index (χ2n) is 10.0. The van der Waals surface area contributed by atoms with Crippen molar-refractivity contribution in [2.24, 2.45) is 4.99 Å². The van der Waals surface area contributed by atoms with E-state index in [2.05, 4.69) is 143 Å². The van der Waals surface area contributed by atoms with Gasteiger partial charge < -0.3 is 4.90 Å². The first-order valence-electron chi connectivity index (χ1n) is 13.4. The van der Waals surface area contributed by atoms with E-state index in [1.807, 2.05) is 6.20 Å². The zero-order chi connectivity index (χ0) is 25.8. The van der Waals surface area contributed by atoms with Crippen LogP contribution in [0.2, 0.25) is 0 Å². The van der Waals surface area contributed by atoms with Gasteiger partial charge in [0.05, 0.1) is 16.7 Å². The molecule has 0 spiro atoms. The van der Waals surface area contributed by atoms with Crippen LogP contribution in [0.25, 0.3) is 49.3 Å². The van der Waals surface area contributed by atoms with E-state index in [0.29, 0.717) is 0 Å². The van der Waals surface area contributed by atoms with Gasteiger partial charge in [0.2, 0.25) is 5.96 Å².